The summed E-state index contributed by atoms with van der Waals surface area (Å²) < 4.78 is 40.4. The molecule has 1 aromatic rings. The summed E-state index contributed by atoms with van der Waals surface area (Å²) in [5, 5.41) is 10.3. The number of nitrogens with zero attached hydrogens (tertiary/aromatic N) is 1. The molecular weight excluding hydrogens is 435 g/mol. The highest BCUT2D eigenvalue weighted by Gasteiger charge is 2.42. The van der Waals surface area contributed by atoms with E-state index in [9.17, 15) is 24.1 Å². The first kappa shape index (κ1) is 23.8. The van der Waals surface area contributed by atoms with E-state index in [2.05, 4.69) is 4.98 Å². The van der Waals surface area contributed by atoms with E-state index >= 15 is 0 Å². The van der Waals surface area contributed by atoms with Gasteiger partial charge in [-0.1, -0.05) is 0 Å². The fourth-order valence-electron chi connectivity index (χ4n) is 2.93. The number of nitrogens with one attached hydrogen (secondary N) is 1. The normalized spacial score (nSPS) is 31.5. The number of carbonyl (C=O) groups excluding carboxylic acids is 1. The maximum absolute atomic E-state index is 12.7. The zero-order valence-corrected chi connectivity index (χ0v) is 18.6. The van der Waals surface area contributed by atoms with Gasteiger partial charge in [-0.3, -0.25) is 28.2 Å². The van der Waals surface area contributed by atoms with Crippen LogP contribution in [-0.4, -0.2) is 52.3 Å². The van der Waals surface area contributed by atoms with Crippen LogP contribution in [-0.2, 0) is 32.4 Å². The summed E-state index contributed by atoms with van der Waals surface area (Å²) in [6.45, 7) is 6.20. The largest absolute Gasteiger partial charge is 0.478 e. The number of aromatic amines is 1. The Balaban J connectivity index is 1.60. The summed E-state index contributed by atoms with van der Waals surface area (Å²) in [7, 11) is -4.06. The zero-order valence-electron chi connectivity index (χ0n) is 17.7. The molecule has 2 unspecified atom stereocenters. The monoisotopic (exact) mass is 462 g/mol. The molecule has 2 saturated heterocycles. The summed E-state index contributed by atoms with van der Waals surface area (Å²) in [6.07, 6.45) is -2.32. The first-order valence-corrected chi connectivity index (χ1v) is 11.3. The van der Waals surface area contributed by atoms with Crippen molar-refractivity contribution < 1.29 is 37.5 Å². The van der Waals surface area contributed by atoms with E-state index in [-0.39, 0.29) is 26.1 Å². The minimum Gasteiger partial charge on any atom is -0.435 e. The van der Waals surface area contributed by atoms with Crippen molar-refractivity contribution >= 4 is 13.8 Å². The molecule has 2 aliphatic heterocycles. The van der Waals surface area contributed by atoms with E-state index in [0.29, 0.717) is 5.56 Å². The van der Waals surface area contributed by atoms with Gasteiger partial charge in [-0.15, -0.1) is 0 Å². The number of esters is 1. The molecule has 1 aromatic heterocycles. The fraction of sp³-hybridized carbons (Fsp3) is 0.722. The van der Waals surface area contributed by atoms with Crippen molar-refractivity contribution in [2.24, 2.45) is 5.41 Å². The Bertz CT molecular complexity index is 981. The molecule has 0 spiro atoms. The third kappa shape index (κ3) is 5.71. The Kier molecular flexibility index (Phi) is 6.90. The first-order valence-electron chi connectivity index (χ1n) is 9.82. The number of aromatic nitrogens is 2. The Morgan fingerprint density at radius 1 is 1.39 bits per heavy atom. The van der Waals surface area contributed by atoms with Crippen molar-refractivity contribution in [2.45, 2.75) is 65.3 Å². The number of aryl methyl sites for hydroxylation is 1. The van der Waals surface area contributed by atoms with Gasteiger partial charge in [-0.25, -0.2) is 13.9 Å². The minimum absolute atomic E-state index is 0.0118. The van der Waals surface area contributed by atoms with Gasteiger partial charge >= 0.3 is 19.5 Å². The molecule has 5 atom stereocenters. The summed E-state index contributed by atoms with van der Waals surface area (Å²) in [5.74, 6) is -0.523. The smallest absolute Gasteiger partial charge is 0.435 e. The van der Waals surface area contributed by atoms with Crippen molar-refractivity contribution in [1.82, 2.24) is 9.55 Å². The molecule has 0 aromatic carbocycles. The average Bonchev–Trinajstić information content (AvgIpc) is 3.03. The molecule has 0 radical (unpaired) electrons. The lowest BCUT2D eigenvalue weighted by Crippen LogP contribution is -2.34. The van der Waals surface area contributed by atoms with Gasteiger partial charge in [0, 0.05) is 24.6 Å². The van der Waals surface area contributed by atoms with E-state index in [4.69, 9.17) is 23.0 Å². The van der Waals surface area contributed by atoms with Gasteiger partial charge in [-0.05, 0) is 27.7 Å². The number of carbonyl (C=O) groups is 1. The molecule has 12 nitrogen and oxygen atoms in total. The quantitative estimate of drug-likeness (QED) is 0.478. The van der Waals surface area contributed by atoms with Crippen LogP contribution in [0.5, 0.6) is 0 Å². The molecule has 2 fully saturated rings. The number of hydrogen-bond acceptors (Lipinski definition) is 10. The van der Waals surface area contributed by atoms with E-state index in [1.807, 2.05) is 0 Å². The molecule has 2 aliphatic rings. The van der Waals surface area contributed by atoms with Crippen LogP contribution in [0.25, 0.3) is 0 Å². The zero-order chi connectivity index (χ0) is 23.0. The molecule has 0 bridgehead atoms. The number of hydrogen-bond donors (Lipinski definition) is 2. The minimum atomic E-state index is -4.06. The number of aliphatic hydroxyl groups excluding tert-OH is 1. The number of rotatable bonds is 5. The van der Waals surface area contributed by atoms with Gasteiger partial charge in [0.1, 0.15) is 12.3 Å². The second kappa shape index (κ2) is 8.97. The summed E-state index contributed by atoms with van der Waals surface area (Å²) in [4.78, 5) is 37.7. The third-order valence-electron chi connectivity index (χ3n) is 4.76. The SMILES string of the molecule is Cc1cn([C@H]2C[C@H](O)[C@@H](COP3(=O)OCCC(OC(=O)C(C)(C)C)O3)O2)c(=O)[nH]c1=O. The number of H-pyrrole nitrogens is 1. The predicted octanol–water partition coefficient (Wildman–Crippen LogP) is 0.970. The van der Waals surface area contributed by atoms with E-state index in [1.54, 1.807) is 20.8 Å². The van der Waals surface area contributed by atoms with Gasteiger partial charge < -0.3 is 14.6 Å². The van der Waals surface area contributed by atoms with E-state index in [0.717, 1.165) is 4.57 Å². The predicted molar refractivity (Wildman–Crippen MR) is 105 cm³/mol. The fourth-order valence-corrected chi connectivity index (χ4v) is 4.22. The van der Waals surface area contributed by atoms with Gasteiger partial charge in [0.25, 0.3) is 5.56 Å². The molecule has 2 N–H and O–H groups in total. The first-order chi connectivity index (χ1) is 14.4. The number of aliphatic hydroxyl groups is 1. The van der Waals surface area contributed by atoms with Gasteiger partial charge in [-0.2, -0.15) is 0 Å². The van der Waals surface area contributed by atoms with Crippen molar-refractivity contribution in [3.8, 4) is 0 Å². The Hall–Kier alpha value is -1.82. The lowest BCUT2D eigenvalue weighted by Gasteiger charge is -2.30. The van der Waals surface area contributed by atoms with E-state index < -0.39 is 55.2 Å². The number of phosphoric ester groups is 1. The molecule has 3 heterocycles. The van der Waals surface area contributed by atoms with Crippen LogP contribution in [0.1, 0.15) is 45.4 Å². The topological polar surface area (TPSA) is 155 Å². The maximum Gasteiger partial charge on any atom is 0.478 e. The van der Waals surface area contributed by atoms with Crippen molar-refractivity contribution in [1.29, 1.82) is 0 Å². The van der Waals surface area contributed by atoms with Crippen molar-refractivity contribution in [3.63, 3.8) is 0 Å². The highest BCUT2D eigenvalue weighted by molar-refractivity contribution is 7.48. The second-order valence-corrected chi connectivity index (χ2v) is 10.1. The second-order valence-electron chi connectivity index (χ2n) is 8.47. The van der Waals surface area contributed by atoms with Gasteiger partial charge in [0.2, 0.25) is 6.29 Å². The standard InChI is InChI=1S/C18H27N2O10P/c1-10-8-20(17(24)19-15(10)22)13-7-11(21)12(28-13)9-27-31(25)26-6-5-14(30-31)29-16(23)18(2,3)4/h8,11-14,21H,5-7,9H2,1-4H3,(H,19,22,24)/t11-,12+,13+,14?,31?/m0/s1. The van der Waals surface area contributed by atoms with Crippen molar-refractivity contribution in [3.05, 3.63) is 32.6 Å². The summed E-state index contributed by atoms with van der Waals surface area (Å²) in [6, 6.07) is 0. The van der Waals surface area contributed by atoms with Crippen LogP contribution in [0.2, 0.25) is 0 Å². The van der Waals surface area contributed by atoms with Crippen molar-refractivity contribution in [2.75, 3.05) is 13.2 Å². The Morgan fingerprint density at radius 2 is 2.10 bits per heavy atom. The maximum atomic E-state index is 12.7. The lowest BCUT2D eigenvalue weighted by molar-refractivity contribution is -0.182. The molecule has 174 valence electrons. The average molecular weight is 462 g/mol. The molecule has 0 saturated carbocycles. The lowest BCUT2D eigenvalue weighted by atomic mass is 9.97. The van der Waals surface area contributed by atoms with Crippen LogP contribution in [0.15, 0.2) is 15.8 Å². The third-order valence-corrected chi connectivity index (χ3v) is 6.22. The highest BCUT2D eigenvalue weighted by Crippen LogP contribution is 2.54. The molecular formula is C18H27N2O10P. The van der Waals surface area contributed by atoms with Crippen LogP contribution in [0.4, 0.5) is 0 Å². The summed E-state index contributed by atoms with van der Waals surface area (Å²) >= 11 is 0. The van der Waals surface area contributed by atoms with Gasteiger partial charge in [0.05, 0.1) is 24.7 Å². The van der Waals surface area contributed by atoms with E-state index in [1.165, 1.54) is 13.1 Å². The molecule has 3 rings (SSSR count). The van der Waals surface area contributed by atoms with Crippen LogP contribution >= 0.6 is 7.82 Å². The van der Waals surface area contributed by atoms with Gasteiger partial charge in [0.15, 0.2) is 0 Å². The summed E-state index contributed by atoms with van der Waals surface area (Å²) in [5.41, 5.74) is -1.64. The Labute approximate surface area is 178 Å². The Morgan fingerprint density at radius 3 is 2.77 bits per heavy atom. The molecule has 0 amide bonds. The van der Waals surface area contributed by atoms with Crippen LogP contribution < -0.4 is 11.2 Å². The van der Waals surface area contributed by atoms with Crippen LogP contribution in [0.3, 0.4) is 0 Å². The number of ether oxygens (including phenoxy) is 2. The molecule has 31 heavy (non-hydrogen) atoms. The highest BCUT2D eigenvalue weighted by atomic mass is 31.2. The molecule has 13 heteroatoms. The number of phosphoric acid groups is 1. The van der Waals surface area contributed by atoms with Crippen LogP contribution in [0, 0.1) is 12.3 Å². The molecule has 0 aliphatic carbocycles.